The van der Waals surface area contributed by atoms with Crippen molar-refractivity contribution in [2.45, 2.75) is 45.3 Å². The zero-order valence-electron chi connectivity index (χ0n) is 11.4. The standard InChI is InChI=1S/C13H20N4O2/c1-3-7-17-8-6-14-11(17)9-15-10-4-5-12(18)16(2)13(10)19/h6,8,10,15H,3-5,7,9H2,1-2H3. The minimum absolute atomic E-state index is 0.101. The van der Waals surface area contributed by atoms with Gasteiger partial charge in [0, 0.05) is 32.4 Å². The predicted molar refractivity (Wildman–Crippen MR) is 70.2 cm³/mol. The molecule has 1 aromatic rings. The average molecular weight is 264 g/mol. The zero-order valence-corrected chi connectivity index (χ0v) is 11.4. The third-order valence-corrected chi connectivity index (χ3v) is 3.42. The molecule has 0 saturated carbocycles. The molecule has 0 spiro atoms. The van der Waals surface area contributed by atoms with Crippen LogP contribution in [0.2, 0.25) is 0 Å². The van der Waals surface area contributed by atoms with Gasteiger partial charge in [0.05, 0.1) is 12.6 Å². The Hall–Kier alpha value is -1.69. The van der Waals surface area contributed by atoms with E-state index in [1.807, 2.05) is 6.20 Å². The Morgan fingerprint density at radius 1 is 1.47 bits per heavy atom. The summed E-state index contributed by atoms with van der Waals surface area (Å²) in [4.78, 5) is 28.8. The summed E-state index contributed by atoms with van der Waals surface area (Å²) in [5.41, 5.74) is 0. The number of carbonyl (C=O) groups is 2. The van der Waals surface area contributed by atoms with E-state index < -0.39 is 0 Å². The smallest absolute Gasteiger partial charge is 0.246 e. The molecule has 1 aliphatic heterocycles. The summed E-state index contributed by atoms with van der Waals surface area (Å²) in [5, 5.41) is 3.20. The molecule has 6 nitrogen and oxygen atoms in total. The highest BCUT2D eigenvalue weighted by Gasteiger charge is 2.31. The predicted octanol–water partition coefficient (Wildman–Crippen LogP) is 0.530. The van der Waals surface area contributed by atoms with E-state index in [1.54, 1.807) is 6.20 Å². The van der Waals surface area contributed by atoms with Crippen LogP contribution in [-0.2, 0) is 22.7 Å². The first-order valence-electron chi connectivity index (χ1n) is 6.67. The van der Waals surface area contributed by atoms with E-state index in [-0.39, 0.29) is 17.9 Å². The minimum atomic E-state index is -0.283. The second kappa shape index (κ2) is 5.97. The molecule has 19 heavy (non-hydrogen) atoms. The fourth-order valence-corrected chi connectivity index (χ4v) is 2.27. The molecule has 2 rings (SSSR count). The number of imide groups is 1. The molecule has 2 amide bonds. The van der Waals surface area contributed by atoms with E-state index in [0.717, 1.165) is 18.8 Å². The number of likely N-dealkylation sites (tertiary alicyclic amines) is 1. The summed E-state index contributed by atoms with van der Waals surface area (Å²) in [5.74, 6) is 0.676. The van der Waals surface area contributed by atoms with Gasteiger partial charge in [0.1, 0.15) is 5.82 Å². The molecule has 2 heterocycles. The van der Waals surface area contributed by atoms with Crippen LogP contribution in [0.5, 0.6) is 0 Å². The van der Waals surface area contributed by atoms with Crippen LogP contribution in [-0.4, -0.2) is 39.4 Å². The van der Waals surface area contributed by atoms with Crippen molar-refractivity contribution in [3.8, 4) is 0 Å². The minimum Gasteiger partial charge on any atom is -0.334 e. The summed E-state index contributed by atoms with van der Waals surface area (Å²) >= 11 is 0. The average Bonchev–Trinajstić information content (AvgIpc) is 2.83. The van der Waals surface area contributed by atoms with Gasteiger partial charge in [-0.25, -0.2) is 4.98 Å². The Bertz CT molecular complexity index is 469. The summed E-state index contributed by atoms with van der Waals surface area (Å²) in [6.07, 6.45) is 5.74. The summed E-state index contributed by atoms with van der Waals surface area (Å²) in [7, 11) is 1.54. The Morgan fingerprint density at radius 3 is 3.00 bits per heavy atom. The van der Waals surface area contributed by atoms with Gasteiger partial charge in [-0.1, -0.05) is 6.92 Å². The van der Waals surface area contributed by atoms with E-state index in [4.69, 9.17) is 0 Å². The van der Waals surface area contributed by atoms with Crippen LogP contribution in [0.25, 0.3) is 0 Å². The highest BCUT2D eigenvalue weighted by molar-refractivity contribution is 6.00. The van der Waals surface area contributed by atoms with Gasteiger partial charge in [0.15, 0.2) is 0 Å². The topological polar surface area (TPSA) is 67.2 Å². The SMILES string of the molecule is CCCn1ccnc1CNC1CCC(=O)N(C)C1=O. The number of nitrogens with zero attached hydrogens (tertiary/aromatic N) is 3. The van der Waals surface area contributed by atoms with Gasteiger partial charge in [-0.15, -0.1) is 0 Å². The van der Waals surface area contributed by atoms with Crippen molar-refractivity contribution in [2.75, 3.05) is 7.05 Å². The number of aromatic nitrogens is 2. The molecular formula is C13H20N4O2. The molecular weight excluding hydrogens is 244 g/mol. The van der Waals surface area contributed by atoms with Crippen molar-refractivity contribution < 1.29 is 9.59 Å². The lowest BCUT2D eigenvalue weighted by Gasteiger charge is -2.28. The lowest BCUT2D eigenvalue weighted by atomic mass is 10.0. The van der Waals surface area contributed by atoms with E-state index in [0.29, 0.717) is 19.4 Å². The van der Waals surface area contributed by atoms with Crippen molar-refractivity contribution >= 4 is 11.8 Å². The fraction of sp³-hybridized carbons (Fsp3) is 0.615. The molecule has 1 atom stereocenters. The summed E-state index contributed by atoms with van der Waals surface area (Å²) in [6.45, 7) is 3.59. The number of piperidine rings is 1. The normalized spacial score (nSPS) is 20.1. The second-order valence-corrected chi connectivity index (χ2v) is 4.80. The molecule has 1 N–H and O–H groups in total. The van der Waals surface area contributed by atoms with Crippen LogP contribution in [0, 0.1) is 0 Å². The number of rotatable bonds is 5. The lowest BCUT2D eigenvalue weighted by molar-refractivity contribution is -0.148. The van der Waals surface area contributed by atoms with Crippen LogP contribution in [0.4, 0.5) is 0 Å². The quantitative estimate of drug-likeness (QED) is 0.788. The van der Waals surface area contributed by atoms with E-state index in [9.17, 15) is 9.59 Å². The molecule has 1 saturated heterocycles. The van der Waals surface area contributed by atoms with Crippen molar-refractivity contribution in [1.82, 2.24) is 19.8 Å². The first-order valence-corrected chi connectivity index (χ1v) is 6.67. The highest BCUT2D eigenvalue weighted by atomic mass is 16.2. The number of likely N-dealkylation sites (N-methyl/N-ethyl adjacent to an activating group) is 1. The van der Waals surface area contributed by atoms with Gasteiger partial charge < -0.3 is 4.57 Å². The third kappa shape index (κ3) is 3.01. The molecule has 1 aromatic heterocycles. The number of hydrogen-bond acceptors (Lipinski definition) is 4. The molecule has 0 aromatic carbocycles. The Kier molecular flexibility index (Phi) is 4.31. The fourth-order valence-electron chi connectivity index (χ4n) is 2.27. The molecule has 104 valence electrons. The molecule has 1 aliphatic rings. The largest absolute Gasteiger partial charge is 0.334 e. The van der Waals surface area contributed by atoms with Gasteiger partial charge in [0.2, 0.25) is 11.8 Å². The summed E-state index contributed by atoms with van der Waals surface area (Å²) < 4.78 is 2.08. The van der Waals surface area contributed by atoms with E-state index in [1.165, 1.54) is 11.9 Å². The third-order valence-electron chi connectivity index (χ3n) is 3.42. The van der Waals surface area contributed by atoms with Crippen molar-refractivity contribution in [3.05, 3.63) is 18.2 Å². The highest BCUT2D eigenvalue weighted by Crippen LogP contribution is 2.12. The number of nitrogens with one attached hydrogen (secondary N) is 1. The lowest BCUT2D eigenvalue weighted by Crippen LogP contribution is -2.51. The van der Waals surface area contributed by atoms with Gasteiger partial charge in [-0.2, -0.15) is 0 Å². The van der Waals surface area contributed by atoms with Crippen LogP contribution in [0.3, 0.4) is 0 Å². The van der Waals surface area contributed by atoms with Gasteiger partial charge >= 0.3 is 0 Å². The number of aryl methyl sites for hydroxylation is 1. The second-order valence-electron chi connectivity index (χ2n) is 4.80. The van der Waals surface area contributed by atoms with Crippen molar-refractivity contribution in [3.63, 3.8) is 0 Å². The Morgan fingerprint density at radius 2 is 2.26 bits per heavy atom. The molecule has 0 radical (unpaired) electrons. The molecule has 0 bridgehead atoms. The van der Waals surface area contributed by atoms with Gasteiger partial charge in [-0.05, 0) is 12.8 Å². The van der Waals surface area contributed by atoms with E-state index in [2.05, 4.69) is 21.8 Å². The molecule has 0 aliphatic carbocycles. The number of carbonyl (C=O) groups excluding carboxylic acids is 2. The van der Waals surface area contributed by atoms with Crippen molar-refractivity contribution in [1.29, 1.82) is 0 Å². The van der Waals surface area contributed by atoms with Crippen LogP contribution >= 0.6 is 0 Å². The van der Waals surface area contributed by atoms with Crippen molar-refractivity contribution in [2.24, 2.45) is 0 Å². The molecule has 1 unspecified atom stereocenters. The number of amides is 2. The Labute approximate surface area is 112 Å². The maximum Gasteiger partial charge on any atom is 0.246 e. The molecule has 6 heteroatoms. The van der Waals surface area contributed by atoms with Gasteiger partial charge in [0.25, 0.3) is 0 Å². The van der Waals surface area contributed by atoms with Crippen LogP contribution in [0.1, 0.15) is 32.0 Å². The first kappa shape index (κ1) is 13.7. The monoisotopic (exact) mass is 264 g/mol. The molecule has 1 fully saturated rings. The number of hydrogen-bond donors (Lipinski definition) is 1. The summed E-state index contributed by atoms with van der Waals surface area (Å²) in [6, 6.07) is -0.283. The maximum atomic E-state index is 11.9. The first-order chi connectivity index (χ1) is 9.13. The van der Waals surface area contributed by atoms with Crippen LogP contribution in [0.15, 0.2) is 12.4 Å². The van der Waals surface area contributed by atoms with Crippen LogP contribution < -0.4 is 5.32 Å². The zero-order chi connectivity index (χ0) is 13.8. The number of imidazole rings is 1. The van der Waals surface area contributed by atoms with Gasteiger partial charge in [-0.3, -0.25) is 19.8 Å². The Balaban J connectivity index is 1.93. The van der Waals surface area contributed by atoms with E-state index >= 15 is 0 Å². The maximum absolute atomic E-state index is 11.9.